The van der Waals surface area contributed by atoms with E-state index >= 15 is 0 Å². The minimum absolute atomic E-state index is 0.0621. The highest BCUT2D eigenvalue weighted by molar-refractivity contribution is 5.69. The first-order valence-electron chi connectivity index (χ1n) is 15.4. The number of carbonyl (C=O) groups excluding carboxylic acids is 1. The van der Waals surface area contributed by atoms with E-state index in [0.29, 0.717) is 30.1 Å². The number of hydrogen-bond acceptors (Lipinski definition) is 6. The van der Waals surface area contributed by atoms with Gasteiger partial charge in [-0.25, -0.2) is 0 Å². The maximum absolute atomic E-state index is 11.4. The Morgan fingerprint density at radius 2 is 1.76 bits per heavy atom. The maximum atomic E-state index is 11.4. The van der Waals surface area contributed by atoms with Gasteiger partial charge in [-0.3, -0.25) is 4.79 Å². The molecule has 0 N–H and O–H groups in total. The van der Waals surface area contributed by atoms with Gasteiger partial charge in [0.25, 0.3) is 0 Å². The standard InChI is InChI=1S/C32H48O6/c1-34-30(33)13-5-2-10-23-20-25-22-29(38-32-15-7-9-19-36-32)26(27(25)21-23)16-17-28(24-11-3-4-12-24)37-31-14-6-8-18-35-31/h2,10,16-17,20,24-29,31-32H,3-9,11-15,18-19,21-22H2,1H3/t25-,26+,27+,28-,29-,31?,32?/m1/s1. The molecule has 0 amide bonds. The van der Waals surface area contributed by atoms with Crippen LogP contribution in [0.4, 0.5) is 0 Å². The van der Waals surface area contributed by atoms with Crippen LogP contribution in [0, 0.1) is 23.7 Å². The average Bonchev–Trinajstić information content (AvgIpc) is 3.68. The van der Waals surface area contributed by atoms with E-state index in [2.05, 4.69) is 30.4 Å². The first-order chi connectivity index (χ1) is 18.7. The van der Waals surface area contributed by atoms with Gasteiger partial charge in [-0.2, -0.15) is 0 Å². The van der Waals surface area contributed by atoms with Crippen LogP contribution in [0.1, 0.15) is 89.9 Å². The van der Waals surface area contributed by atoms with E-state index in [1.165, 1.54) is 51.2 Å². The van der Waals surface area contributed by atoms with Crippen molar-refractivity contribution in [2.45, 2.75) is 115 Å². The molecule has 3 aliphatic carbocycles. The van der Waals surface area contributed by atoms with E-state index in [-0.39, 0.29) is 30.8 Å². The highest BCUT2D eigenvalue weighted by Gasteiger charge is 2.45. The van der Waals surface area contributed by atoms with Gasteiger partial charge in [0, 0.05) is 25.6 Å². The molecule has 212 valence electrons. The van der Waals surface area contributed by atoms with Gasteiger partial charge in [0.2, 0.25) is 0 Å². The minimum Gasteiger partial charge on any atom is -0.469 e. The molecule has 0 radical (unpaired) electrons. The Hall–Kier alpha value is -1.47. The molecule has 2 unspecified atom stereocenters. The summed E-state index contributed by atoms with van der Waals surface area (Å²) in [5.74, 6) is 1.84. The fourth-order valence-corrected chi connectivity index (χ4v) is 7.17. The number of methoxy groups -OCH3 is 1. The SMILES string of the molecule is COC(=O)CCC=CC1=C[C@@H]2C[C@@H](OC3CCCCO3)[C@@H](C=C[C@@H](OC3CCCCO3)C3CCCC3)[C@H]2C1. The van der Waals surface area contributed by atoms with E-state index in [4.69, 9.17) is 23.7 Å². The van der Waals surface area contributed by atoms with Gasteiger partial charge in [-0.05, 0) is 88.4 Å². The van der Waals surface area contributed by atoms with Gasteiger partial charge in [-0.15, -0.1) is 0 Å². The third kappa shape index (κ3) is 7.59. The summed E-state index contributed by atoms with van der Waals surface area (Å²) < 4.78 is 30.0. The summed E-state index contributed by atoms with van der Waals surface area (Å²) in [6, 6.07) is 0. The predicted octanol–water partition coefficient (Wildman–Crippen LogP) is 6.65. The van der Waals surface area contributed by atoms with Crippen molar-refractivity contribution < 1.29 is 28.5 Å². The summed E-state index contributed by atoms with van der Waals surface area (Å²) >= 11 is 0. The quantitative estimate of drug-likeness (QED) is 0.221. The Morgan fingerprint density at radius 3 is 2.47 bits per heavy atom. The molecule has 2 heterocycles. The molecule has 0 spiro atoms. The van der Waals surface area contributed by atoms with Gasteiger partial charge >= 0.3 is 5.97 Å². The summed E-state index contributed by atoms with van der Waals surface area (Å²) in [4.78, 5) is 11.4. The Kier molecular flexibility index (Phi) is 10.5. The lowest BCUT2D eigenvalue weighted by molar-refractivity contribution is -0.193. The number of rotatable bonds is 11. The fraction of sp³-hybridized carbons (Fsp3) is 0.781. The van der Waals surface area contributed by atoms with Crippen molar-refractivity contribution in [3.05, 3.63) is 36.0 Å². The molecular formula is C32H48O6. The Bertz CT molecular complexity index is 831. The summed E-state index contributed by atoms with van der Waals surface area (Å²) in [5, 5.41) is 0. The lowest BCUT2D eigenvalue weighted by atomic mass is 9.88. The molecule has 6 heteroatoms. The number of carbonyl (C=O) groups is 1. The molecule has 2 saturated heterocycles. The largest absolute Gasteiger partial charge is 0.469 e. The molecule has 2 saturated carbocycles. The molecule has 6 nitrogen and oxygen atoms in total. The number of esters is 1. The van der Waals surface area contributed by atoms with Crippen LogP contribution < -0.4 is 0 Å². The molecule has 5 rings (SSSR count). The van der Waals surface area contributed by atoms with E-state index in [1.807, 2.05) is 0 Å². The van der Waals surface area contributed by atoms with Crippen LogP contribution in [-0.4, -0.2) is 51.1 Å². The number of fused-ring (bicyclic) bond motifs is 1. The topological polar surface area (TPSA) is 63.2 Å². The Morgan fingerprint density at radius 1 is 1.03 bits per heavy atom. The van der Waals surface area contributed by atoms with Crippen LogP contribution in [0.15, 0.2) is 36.0 Å². The van der Waals surface area contributed by atoms with Gasteiger partial charge < -0.3 is 23.7 Å². The second kappa shape index (κ2) is 14.2. The monoisotopic (exact) mass is 528 g/mol. The molecule has 0 aromatic rings. The predicted molar refractivity (Wildman–Crippen MR) is 146 cm³/mol. The average molecular weight is 529 g/mol. The van der Waals surface area contributed by atoms with Crippen molar-refractivity contribution in [3.8, 4) is 0 Å². The molecule has 0 aromatic heterocycles. The zero-order chi connectivity index (χ0) is 26.2. The van der Waals surface area contributed by atoms with E-state index in [0.717, 1.165) is 58.2 Å². The molecular weight excluding hydrogens is 480 g/mol. The third-order valence-electron chi connectivity index (χ3n) is 9.25. The van der Waals surface area contributed by atoms with Crippen LogP contribution in [0.3, 0.4) is 0 Å². The van der Waals surface area contributed by atoms with E-state index < -0.39 is 0 Å². The molecule has 0 aromatic carbocycles. The van der Waals surface area contributed by atoms with Crippen LogP contribution in [0.5, 0.6) is 0 Å². The molecule has 0 bridgehead atoms. The second-order valence-corrected chi connectivity index (χ2v) is 11.9. The zero-order valence-electron chi connectivity index (χ0n) is 23.3. The second-order valence-electron chi connectivity index (χ2n) is 11.9. The van der Waals surface area contributed by atoms with Crippen molar-refractivity contribution in [1.82, 2.24) is 0 Å². The maximum Gasteiger partial charge on any atom is 0.305 e. The van der Waals surface area contributed by atoms with Crippen molar-refractivity contribution in [2.24, 2.45) is 23.7 Å². The molecule has 4 fully saturated rings. The van der Waals surface area contributed by atoms with Crippen molar-refractivity contribution in [2.75, 3.05) is 20.3 Å². The van der Waals surface area contributed by atoms with Crippen LogP contribution in [0.25, 0.3) is 0 Å². The number of hydrogen-bond donors (Lipinski definition) is 0. The molecule has 2 aliphatic heterocycles. The zero-order valence-corrected chi connectivity index (χ0v) is 23.3. The highest BCUT2D eigenvalue weighted by Crippen LogP contribution is 2.49. The van der Waals surface area contributed by atoms with Crippen LogP contribution >= 0.6 is 0 Å². The molecule has 5 aliphatic rings. The fourth-order valence-electron chi connectivity index (χ4n) is 7.17. The van der Waals surface area contributed by atoms with E-state index in [9.17, 15) is 4.79 Å². The summed E-state index contributed by atoms with van der Waals surface area (Å²) in [6.45, 7) is 1.63. The smallest absolute Gasteiger partial charge is 0.305 e. The van der Waals surface area contributed by atoms with Crippen LogP contribution in [-0.2, 0) is 28.5 Å². The first-order valence-corrected chi connectivity index (χ1v) is 15.4. The number of ether oxygens (including phenoxy) is 5. The third-order valence-corrected chi connectivity index (χ3v) is 9.25. The van der Waals surface area contributed by atoms with Gasteiger partial charge in [0.1, 0.15) is 0 Å². The van der Waals surface area contributed by atoms with Crippen molar-refractivity contribution >= 4 is 5.97 Å². The highest BCUT2D eigenvalue weighted by atomic mass is 16.7. The van der Waals surface area contributed by atoms with Gasteiger partial charge in [-0.1, -0.05) is 48.8 Å². The Balaban J connectivity index is 1.27. The molecule has 38 heavy (non-hydrogen) atoms. The van der Waals surface area contributed by atoms with Crippen LogP contribution in [0.2, 0.25) is 0 Å². The van der Waals surface area contributed by atoms with E-state index in [1.54, 1.807) is 0 Å². The normalized spacial score (nSPS) is 35.1. The van der Waals surface area contributed by atoms with Crippen molar-refractivity contribution in [1.29, 1.82) is 0 Å². The van der Waals surface area contributed by atoms with Crippen molar-refractivity contribution in [3.63, 3.8) is 0 Å². The lowest BCUT2D eigenvalue weighted by Crippen LogP contribution is -2.32. The minimum atomic E-state index is -0.153. The molecule has 7 atom stereocenters. The van der Waals surface area contributed by atoms with Gasteiger partial charge in [0.15, 0.2) is 12.6 Å². The number of allylic oxidation sites excluding steroid dienone is 4. The first kappa shape index (κ1) is 28.1. The summed E-state index contributed by atoms with van der Waals surface area (Å²) in [5.41, 5.74) is 1.38. The lowest BCUT2D eigenvalue weighted by Gasteiger charge is -2.31. The van der Waals surface area contributed by atoms with Gasteiger partial charge in [0.05, 0.1) is 19.3 Å². The summed E-state index contributed by atoms with van der Waals surface area (Å²) in [6.07, 6.45) is 26.8. The summed E-state index contributed by atoms with van der Waals surface area (Å²) in [7, 11) is 1.45. The Labute approximate surface area is 229 Å².